The average molecular weight is 363 g/mol. The first-order chi connectivity index (χ1) is 13.2. The zero-order valence-electron chi connectivity index (χ0n) is 14.9. The second-order valence-electron chi connectivity index (χ2n) is 6.68. The van der Waals surface area contributed by atoms with E-state index in [1.807, 2.05) is 41.1 Å². The number of carbonyl (C=O) groups excluding carboxylic acids is 1. The number of benzene rings is 1. The molecule has 0 saturated carbocycles. The molecule has 1 N–H and O–H groups in total. The van der Waals surface area contributed by atoms with Gasteiger partial charge in [0.05, 0.1) is 36.6 Å². The molecule has 4 rings (SSSR count). The van der Waals surface area contributed by atoms with Crippen LogP contribution in [-0.4, -0.2) is 42.2 Å². The van der Waals surface area contributed by atoms with Gasteiger partial charge in [-0.1, -0.05) is 30.3 Å². The Labute approximate surface area is 157 Å². The van der Waals surface area contributed by atoms with Gasteiger partial charge in [0, 0.05) is 31.6 Å². The van der Waals surface area contributed by atoms with Crippen LogP contribution in [-0.2, 0) is 30.7 Å². The maximum Gasteiger partial charge on any atom is 0.229 e. The van der Waals surface area contributed by atoms with Gasteiger partial charge in [-0.2, -0.15) is 5.10 Å². The van der Waals surface area contributed by atoms with Crippen molar-refractivity contribution in [3.8, 4) is 0 Å². The minimum absolute atomic E-state index is 0.0225. The molecule has 1 aliphatic rings. The van der Waals surface area contributed by atoms with Gasteiger partial charge in [0.25, 0.3) is 0 Å². The van der Waals surface area contributed by atoms with E-state index in [-0.39, 0.29) is 12.3 Å². The first-order valence-corrected chi connectivity index (χ1v) is 9.00. The molecule has 0 radical (unpaired) electrons. The zero-order valence-corrected chi connectivity index (χ0v) is 14.9. The molecule has 1 aromatic carbocycles. The van der Waals surface area contributed by atoms with Gasteiger partial charge in [-0.3, -0.25) is 19.4 Å². The summed E-state index contributed by atoms with van der Waals surface area (Å²) < 4.78 is 1.88. The largest absolute Gasteiger partial charge is 0.386 e. The monoisotopic (exact) mass is 363 g/mol. The number of rotatable bonds is 5. The first-order valence-electron chi connectivity index (χ1n) is 9.00. The van der Waals surface area contributed by atoms with Gasteiger partial charge < -0.3 is 10.0 Å². The second-order valence-corrected chi connectivity index (χ2v) is 6.68. The van der Waals surface area contributed by atoms with E-state index < -0.39 is 6.10 Å². The highest BCUT2D eigenvalue weighted by Gasteiger charge is 2.24. The van der Waals surface area contributed by atoms with E-state index in [1.54, 1.807) is 23.5 Å². The van der Waals surface area contributed by atoms with Crippen LogP contribution < -0.4 is 0 Å². The third-order valence-electron chi connectivity index (χ3n) is 4.73. The van der Waals surface area contributed by atoms with Crippen molar-refractivity contribution in [3.05, 3.63) is 77.6 Å². The molecule has 1 amide bonds. The van der Waals surface area contributed by atoms with Crippen molar-refractivity contribution in [1.82, 2.24) is 24.6 Å². The summed E-state index contributed by atoms with van der Waals surface area (Å²) in [6, 6.07) is 11.8. The molecule has 1 aliphatic heterocycles. The van der Waals surface area contributed by atoms with Gasteiger partial charge in [0.2, 0.25) is 5.91 Å². The van der Waals surface area contributed by atoms with Crippen LogP contribution in [0.15, 0.2) is 55.0 Å². The van der Waals surface area contributed by atoms with E-state index in [0.29, 0.717) is 37.4 Å². The van der Waals surface area contributed by atoms with E-state index in [1.165, 1.54) is 0 Å². The predicted octanol–water partition coefficient (Wildman–Crippen LogP) is 1.53. The van der Waals surface area contributed by atoms with Gasteiger partial charge in [-0.15, -0.1) is 0 Å². The number of fused-ring (bicyclic) bond motifs is 1. The molecule has 2 aromatic heterocycles. The van der Waals surface area contributed by atoms with Crippen LogP contribution in [0.25, 0.3) is 0 Å². The summed E-state index contributed by atoms with van der Waals surface area (Å²) in [7, 11) is 0. The average Bonchev–Trinajstić information content (AvgIpc) is 3.13. The van der Waals surface area contributed by atoms with Crippen molar-refractivity contribution in [3.63, 3.8) is 0 Å². The Balaban J connectivity index is 1.42. The second kappa shape index (κ2) is 7.67. The summed E-state index contributed by atoms with van der Waals surface area (Å²) in [5.41, 5.74) is 3.32. The SMILES string of the molecule is O=C(Cc1cnccn1)N1CCn2nc([C@@H](O)Cc3ccccc3)cc2C1. The molecule has 0 fully saturated rings. The van der Waals surface area contributed by atoms with Crippen LogP contribution in [0.2, 0.25) is 0 Å². The summed E-state index contributed by atoms with van der Waals surface area (Å²) in [4.78, 5) is 22.5. The molecule has 0 unspecified atom stereocenters. The van der Waals surface area contributed by atoms with Crippen LogP contribution in [0.5, 0.6) is 0 Å². The molecule has 0 spiro atoms. The first kappa shape index (κ1) is 17.4. The Kier molecular flexibility index (Phi) is 4.93. The van der Waals surface area contributed by atoms with Crippen molar-refractivity contribution in [2.45, 2.75) is 32.0 Å². The number of aliphatic hydroxyl groups is 1. The molecule has 1 atom stereocenters. The fourth-order valence-corrected chi connectivity index (χ4v) is 3.29. The highest BCUT2D eigenvalue weighted by Crippen LogP contribution is 2.21. The van der Waals surface area contributed by atoms with Crippen LogP contribution in [0.3, 0.4) is 0 Å². The van der Waals surface area contributed by atoms with Gasteiger partial charge in [0.15, 0.2) is 0 Å². The number of aromatic nitrogens is 4. The van der Waals surface area contributed by atoms with Crippen LogP contribution in [0, 0.1) is 0 Å². The van der Waals surface area contributed by atoms with Gasteiger partial charge in [-0.05, 0) is 11.6 Å². The lowest BCUT2D eigenvalue weighted by molar-refractivity contribution is -0.132. The minimum atomic E-state index is -0.658. The van der Waals surface area contributed by atoms with Gasteiger partial charge in [0.1, 0.15) is 6.10 Å². The van der Waals surface area contributed by atoms with Crippen molar-refractivity contribution in [2.75, 3.05) is 6.54 Å². The molecule has 27 heavy (non-hydrogen) atoms. The maximum absolute atomic E-state index is 12.5. The van der Waals surface area contributed by atoms with E-state index in [2.05, 4.69) is 15.1 Å². The Morgan fingerprint density at radius 1 is 1.19 bits per heavy atom. The Morgan fingerprint density at radius 3 is 2.81 bits per heavy atom. The number of hydrogen-bond acceptors (Lipinski definition) is 5. The zero-order chi connectivity index (χ0) is 18.6. The van der Waals surface area contributed by atoms with Crippen molar-refractivity contribution < 1.29 is 9.90 Å². The summed E-state index contributed by atoms with van der Waals surface area (Å²) in [5, 5.41) is 15.1. The Morgan fingerprint density at radius 2 is 2.04 bits per heavy atom. The van der Waals surface area contributed by atoms with E-state index in [4.69, 9.17) is 0 Å². The number of nitrogens with zero attached hydrogens (tertiary/aromatic N) is 5. The van der Waals surface area contributed by atoms with E-state index in [9.17, 15) is 9.90 Å². The number of carbonyl (C=O) groups is 1. The number of aliphatic hydroxyl groups excluding tert-OH is 1. The number of hydrogen-bond donors (Lipinski definition) is 1. The lowest BCUT2D eigenvalue weighted by Gasteiger charge is -2.27. The smallest absolute Gasteiger partial charge is 0.229 e. The van der Waals surface area contributed by atoms with Gasteiger partial charge >= 0.3 is 0 Å². The molecule has 7 heteroatoms. The molecule has 0 bridgehead atoms. The fourth-order valence-electron chi connectivity index (χ4n) is 3.29. The summed E-state index contributed by atoms with van der Waals surface area (Å²) in [6.07, 6.45) is 4.90. The highest BCUT2D eigenvalue weighted by molar-refractivity contribution is 5.78. The van der Waals surface area contributed by atoms with E-state index in [0.717, 1.165) is 11.3 Å². The lowest BCUT2D eigenvalue weighted by Crippen LogP contribution is -2.39. The third kappa shape index (κ3) is 4.03. The van der Waals surface area contributed by atoms with Crippen LogP contribution in [0.4, 0.5) is 0 Å². The van der Waals surface area contributed by atoms with Crippen molar-refractivity contribution in [1.29, 1.82) is 0 Å². The molecule has 3 aromatic rings. The van der Waals surface area contributed by atoms with E-state index >= 15 is 0 Å². The maximum atomic E-state index is 12.5. The quantitative estimate of drug-likeness (QED) is 0.743. The summed E-state index contributed by atoms with van der Waals surface area (Å²) in [5.74, 6) is 0.0225. The van der Waals surface area contributed by atoms with Gasteiger partial charge in [-0.25, -0.2) is 0 Å². The molecular formula is C20H21N5O2. The standard InChI is InChI=1S/C20H21N5O2/c26-19(10-15-4-2-1-3-5-15)18-12-17-14-24(8-9-25(17)23-18)20(27)11-16-13-21-6-7-22-16/h1-7,12-13,19,26H,8-11,14H2/t19-/m0/s1. The van der Waals surface area contributed by atoms with Crippen LogP contribution >= 0.6 is 0 Å². The Bertz CT molecular complexity index is 911. The normalized spacial score (nSPS) is 14.6. The lowest BCUT2D eigenvalue weighted by atomic mass is 10.1. The molecule has 7 nitrogen and oxygen atoms in total. The highest BCUT2D eigenvalue weighted by atomic mass is 16.3. The predicted molar refractivity (Wildman–Crippen MR) is 98.5 cm³/mol. The molecule has 3 heterocycles. The molecule has 0 aliphatic carbocycles. The molecular weight excluding hydrogens is 342 g/mol. The molecule has 0 saturated heterocycles. The third-order valence-corrected chi connectivity index (χ3v) is 4.73. The minimum Gasteiger partial charge on any atom is -0.386 e. The summed E-state index contributed by atoms with van der Waals surface area (Å²) in [6.45, 7) is 1.71. The number of amides is 1. The van der Waals surface area contributed by atoms with Crippen molar-refractivity contribution in [2.24, 2.45) is 0 Å². The fraction of sp³-hybridized carbons (Fsp3) is 0.300. The molecule has 138 valence electrons. The van der Waals surface area contributed by atoms with Crippen LogP contribution in [0.1, 0.15) is 28.7 Å². The summed E-state index contributed by atoms with van der Waals surface area (Å²) >= 11 is 0. The van der Waals surface area contributed by atoms with Crippen molar-refractivity contribution >= 4 is 5.91 Å². The Hall–Kier alpha value is -3.06. The topological polar surface area (TPSA) is 84.1 Å².